The number of ether oxygens (including phenoxy) is 1. The lowest BCUT2D eigenvalue weighted by Crippen LogP contribution is -2.40. The molecule has 0 aliphatic carbocycles. The second-order valence-electron chi connectivity index (χ2n) is 4.97. The number of hydrogen-bond donors (Lipinski definition) is 0. The van der Waals surface area contributed by atoms with Crippen LogP contribution in [-0.2, 0) is 4.74 Å². The normalized spacial score (nSPS) is 24.7. The van der Waals surface area contributed by atoms with Crippen molar-refractivity contribution in [2.45, 2.75) is 63.8 Å². The first kappa shape index (κ1) is 11.3. The Balaban J connectivity index is 2.52. The summed E-state index contributed by atoms with van der Waals surface area (Å²) >= 11 is 0. The Morgan fingerprint density at radius 3 is 2.08 bits per heavy atom. The van der Waals surface area contributed by atoms with Crippen molar-refractivity contribution in [3.05, 3.63) is 0 Å². The highest BCUT2D eigenvalue weighted by atomic mass is 28.3. The summed E-state index contributed by atoms with van der Waals surface area (Å²) in [5.41, 5.74) is 2.46. The third-order valence-corrected chi connectivity index (χ3v) is 7.65. The minimum absolute atomic E-state index is 0.675. The predicted molar refractivity (Wildman–Crippen MR) is 60.9 cm³/mol. The molecule has 78 valence electrons. The van der Waals surface area contributed by atoms with E-state index < -0.39 is 8.80 Å². The Labute approximate surface area is 84.5 Å². The molecule has 13 heavy (non-hydrogen) atoms. The summed E-state index contributed by atoms with van der Waals surface area (Å²) in [6.45, 7) is 10.6. The van der Waals surface area contributed by atoms with Crippen LogP contribution in [0.4, 0.5) is 0 Å². The summed E-state index contributed by atoms with van der Waals surface area (Å²) in [4.78, 5) is 0. The van der Waals surface area contributed by atoms with Crippen molar-refractivity contribution in [3.8, 4) is 0 Å². The van der Waals surface area contributed by atoms with Gasteiger partial charge in [0.15, 0.2) is 0 Å². The van der Waals surface area contributed by atoms with Crippen molar-refractivity contribution in [1.29, 1.82) is 0 Å². The lowest BCUT2D eigenvalue weighted by molar-refractivity contribution is 0.0608. The molecule has 0 aromatic carbocycles. The first-order valence-corrected chi connectivity index (χ1v) is 7.74. The minimum Gasteiger partial charge on any atom is -0.382 e. The molecule has 0 bridgehead atoms. The van der Waals surface area contributed by atoms with E-state index in [-0.39, 0.29) is 0 Å². The fraction of sp³-hybridized carbons (Fsp3) is 1.00. The highest BCUT2D eigenvalue weighted by Gasteiger charge is 2.30. The molecule has 1 aliphatic rings. The first-order chi connectivity index (χ1) is 6.13. The summed E-state index contributed by atoms with van der Waals surface area (Å²) in [5, 5.41) is 0. The smallest absolute Gasteiger partial charge is 0.0767 e. The molecule has 1 nitrogen and oxygen atoms in total. The molecular weight excluding hydrogens is 176 g/mol. The molecule has 0 amide bonds. The van der Waals surface area contributed by atoms with Crippen molar-refractivity contribution in [2.24, 2.45) is 0 Å². The van der Waals surface area contributed by atoms with Crippen LogP contribution in [0.25, 0.3) is 0 Å². The molecule has 0 N–H and O–H groups in total. The van der Waals surface area contributed by atoms with Gasteiger partial charge in [-0.05, 0) is 19.3 Å². The van der Waals surface area contributed by atoms with Crippen LogP contribution in [0.2, 0.25) is 11.1 Å². The zero-order valence-electron chi connectivity index (χ0n) is 9.55. The molecule has 0 aromatic rings. The van der Waals surface area contributed by atoms with Crippen molar-refractivity contribution in [3.63, 3.8) is 0 Å². The van der Waals surface area contributed by atoms with Crippen LogP contribution >= 0.6 is 0 Å². The van der Waals surface area contributed by atoms with E-state index in [9.17, 15) is 0 Å². The largest absolute Gasteiger partial charge is 0.382 e. The second kappa shape index (κ2) is 5.16. The van der Waals surface area contributed by atoms with Crippen LogP contribution in [-0.4, -0.2) is 21.1 Å². The van der Waals surface area contributed by atoms with E-state index in [1.165, 1.54) is 19.3 Å². The van der Waals surface area contributed by atoms with Gasteiger partial charge in [-0.15, -0.1) is 0 Å². The first-order valence-electron chi connectivity index (χ1n) is 5.74. The number of rotatable bonds is 3. The van der Waals surface area contributed by atoms with E-state index in [0.29, 0.717) is 5.73 Å². The second-order valence-corrected chi connectivity index (χ2v) is 9.54. The molecule has 1 fully saturated rings. The van der Waals surface area contributed by atoms with E-state index in [4.69, 9.17) is 4.74 Å². The van der Waals surface area contributed by atoms with E-state index >= 15 is 0 Å². The van der Waals surface area contributed by atoms with Gasteiger partial charge in [0.05, 0.1) is 8.80 Å². The van der Waals surface area contributed by atoms with E-state index in [0.717, 1.165) is 17.7 Å². The molecule has 1 aliphatic heterocycles. The molecule has 1 unspecified atom stereocenters. The Hall–Kier alpha value is 0.177. The van der Waals surface area contributed by atoms with E-state index in [1.807, 2.05) is 0 Å². The highest BCUT2D eigenvalue weighted by molar-refractivity contribution is 6.63. The van der Waals surface area contributed by atoms with Crippen LogP contribution in [0.1, 0.15) is 47.0 Å². The summed E-state index contributed by atoms with van der Waals surface area (Å²) < 4.78 is 5.92. The Morgan fingerprint density at radius 2 is 1.69 bits per heavy atom. The maximum Gasteiger partial charge on any atom is 0.0767 e. The van der Waals surface area contributed by atoms with Crippen molar-refractivity contribution < 1.29 is 4.74 Å². The summed E-state index contributed by atoms with van der Waals surface area (Å²) in [5.74, 6) is 0. The average molecular weight is 200 g/mol. The van der Waals surface area contributed by atoms with Gasteiger partial charge in [-0.2, -0.15) is 0 Å². The standard InChI is InChI=1S/C11H24OSi/c1-9(2)13(10(3)4)11-7-5-6-8-12-11/h9-11,13H,5-8H2,1-4H3. The molecule has 1 atom stereocenters. The SMILES string of the molecule is CC(C)[SiH](C(C)C)C1CCCCO1. The van der Waals surface area contributed by atoms with Gasteiger partial charge in [-0.1, -0.05) is 38.8 Å². The zero-order chi connectivity index (χ0) is 9.84. The third kappa shape index (κ3) is 3.10. The molecule has 0 radical (unpaired) electrons. The molecule has 0 saturated carbocycles. The van der Waals surface area contributed by atoms with Crippen LogP contribution in [0.5, 0.6) is 0 Å². The predicted octanol–water partition coefficient (Wildman–Crippen LogP) is 3.14. The van der Waals surface area contributed by atoms with Crippen LogP contribution in [0, 0.1) is 0 Å². The zero-order valence-corrected chi connectivity index (χ0v) is 10.7. The van der Waals surface area contributed by atoms with Gasteiger partial charge < -0.3 is 4.74 Å². The van der Waals surface area contributed by atoms with Gasteiger partial charge in [-0.3, -0.25) is 0 Å². The average Bonchev–Trinajstić information content (AvgIpc) is 2.04. The molecule has 0 spiro atoms. The van der Waals surface area contributed by atoms with Crippen molar-refractivity contribution >= 4 is 8.80 Å². The third-order valence-electron chi connectivity index (χ3n) is 3.18. The fourth-order valence-corrected chi connectivity index (χ4v) is 6.93. The Bertz CT molecular complexity index is 131. The lowest BCUT2D eigenvalue weighted by Gasteiger charge is -2.34. The monoisotopic (exact) mass is 200 g/mol. The van der Waals surface area contributed by atoms with Gasteiger partial charge >= 0.3 is 0 Å². The van der Waals surface area contributed by atoms with Gasteiger partial charge in [0, 0.05) is 12.3 Å². The molecular formula is C11H24OSi. The Kier molecular flexibility index (Phi) is 4.46. The summed E-state index contributed by atoms with van der Waals surface area (Å²) in [6.07, 6.45) is 4.02. The topological polar surface area (TPSA) is 9.23 Å². The highest BCUT2D eigenvalue weighted by Crippen LogP contribution is 2.29. The van der Waals surface area contributed by atoms with Crippen molar-refractivity contribution in [2.75, 3.05) is 6.61 Å². The molecule has 1 saturated heterocycles. The van der Waals surface area contributed by atoms with Crippen LogP contribution in [0.15, 0.2) is 0 Å². The quantitative estimate of drug-likeness (QED) is 0.636. The number of hydrogen-bond acceptors (Lipinski definition) is 1. The van der Waals surface area contributed by atoms with Crippen LogP contribution in [0.3, 0.4) is 0 Å². The Morgan fingerprint density at radius 1 is 1.08 bits per heavy atom. The molecule has 2 heteroatoms. The van der Waals surface area contributed by atoms with Crippen LogP contribution < -0.4 is 0 Å². The van der Waals surface area contributed by atoms with Gasteiger partial charge in [0.25, 0.3) is 0 Å². The molecule has 0 aromatic heterocycles. The van der Waals surface area contributed by atoms with Crippen molar-refractivity contribution in [1.82, 2.24) is 0 Å². The maximum atomic E-state index is 5.92. The van der Waals surface area contributed by atoms with Gasteiger partial charge in [0.2, 0.25) is 0 Å². The molecule has 1 heterocycles. The maximum absolute atomic E-state index is 5.92. The van der Waals surface area contributed by atoms with Gasteiger partial charge in [0.1, 0.15) is 0 Å². The lowest BCUT2D eigenvalue weighted by atomic mass is 10.2. The van der Waals surface area contributed by atoms with E-state index in [2.05, 4.69) is 27.7 Å². The fourth-order valence-electron chi connectivity index (χ4n) is 2.70. The van der Waals surface area contributed by atoms with Gasteiger partial charge in [-0.25, -0.2) is 0 Å². The summed E-state index contributed by atoms with van der Waals surface area (Å²) in [7, 11) is -0.684. The van der Waals surface area contributed by atoms with E-state index in [1.54, 1.807) is 0 Å². The molecule has 1 rings (SSSR count). The minimum atomic E-state index is -0.684. The summed E-state index contributed by atoms with van der Waals surface area (Å²) in [6, 6.07) is 0.